The predicted molar refractivity (Wildman–Crippen MR) is 82.2 cm³/mol. The Hall–Kier alpha value is -1.06. The average molecular weight is 277 g/mol. The average Bonchev–Trinajstić information content (AvgIpc) is 2.89. The molecule has 3 nitrogen and oxygen atoms in total. The van der Waals surface area contributed by atoms with Crippen LogP contribution in [0.3, 0.4) is 0 Å². The first-order valence-corrected chi connectivity index (χ1v) is 7.84. The Bertz CT molecular complexity index is 390. The van der Waals surface area contributed by atoms with E-state index < -0.39 is 0 Å². The lowest BCUT2D eigenvalue weighted by molar-refractivity contribution is 0.0612. The quantitative estimate of drug-likeness (QED) is 0.826. The molecule has 0 radical (unpaired) electrons. The highest BCUT2D eigenvalue weighted by Gasteiger charge is 2.32. The molecule has 0 spiro atoms. The molecule has 1 N–H and O–H groups in total. The summed E-state index contributed by atoms with van der Waals surface area (Å²) < 4.78 is 11.6. The normalized spacial score (nSPS) is 23.8. The van der Waals surface area contributed by atoms with Gasteiger partial charge in [-0.05, 0) is 43.0 Å². The van der Waals surface area contributed by atoms with Crippen LogP contribution in [0.15, 0.2) is 24.3 Å². The van der Waals surface area contributed by atoms with E-state index in [4.69, 9.17) is 9.47 Å². The Morgan fingerprint density at radius 2 is 2.05 bits per heavy atom. The van der Waals surface area contributed by atoms with Crippen LogP contribution >= 0.6 is 0 Å². The molecule has 3 atom stereocenters. The van der Waals surface area contributed by atoms with Gasteiger partial charge in [0.05, 0.1) is 18.8 Å². The number of nitrogens with one attached hydrogen (secondary N) is 1. The first-order valence-electron chi connectivity index (χ1n) is 7.84. The van der Waals surface area contributed by atoms with Gasteiger partial charge in [0.2, 0.25) is 0 Å². The molecule has 0 saturated carbocycles. The highest BCUT2D eigenvalue weighted by molar-refractivity contribution is 5.30. The minimum atomic E-state index is 0.275. The van der Waals surface area contributed by atoms with E-state index in [-0.39, 0.29) is 12.1 Å². The minimum Gasteiger partial charge on any atom is -0.494 e. The van der Waals surface area contributed by atoms with Crippen molar-refractivity contribution in [2.24, 2.45) is 5.92 Å². The summed E-state index contributed by atoms with van der Waals surface area (Å²) in [6, 6.07) is 8.72. The summed E-state index contributed by atoms with van der Waals surface area (Å²) >= 11 is 0. The summed E-state index contributed by atoms with van der Waals surface area (Å²) in [6.07, 6.45) is 2.47. The Kier molecular flexibility index (Phi) is 5.86. The highest BCUT2D eigenvalue weighted by Crippen LogP contribution is 2.32. The zero-order chi connectivity index (χ0) is 14.4. The third kappa shape index (κ3) is 3.74. The maximum atomic E-state index is 5.94. The van der Waals surface area contributed by atoms with Gasteiger partial charge < -0.3 is 14.8 Å². The standard InChI is InChI=1S/C17H27NO2/c1-4-11-19-15-8-6-14(7-9-15)16(18-5-2)17-13(3)10-12-20-17/h6-9,13,16-18H,4-5,10-12H2,1-3H3. The van der Waals surface area contributed by atoms with Crippen LogP contribution in [0.25, 0.3) is 0 Å². The van der Waals surface area contributed by atoms with Crippen LogP contribution in [0.1, 0.15) is 45.2 Å². The molecule has 1 fully saturated rings. The summed E-state index contributed by atoms with van der Waals surface area (Å²) in [5.74, 6) is 1.56. The van der Waals surface area contributed by atoms with E-state index in [0.717, 1.165) is 38.3 Å². The molecule has 3 heteroatoms. The van der Waals surface area contributed by atoms with Gasteiger partial charge in [0.1, 0.15) is 5.75 Å². The van der Waals surface area contributed by atoms with Gasteiger partial charge in [-0.2, -0.15) is 0 Å². The predicted octanol–water partition coefficient (Wildman–Crippen LogP) is 3.55. The molecule has 2 rings (SSSR count). The third-order valence-electron chi connectivity index (χ3n) is 3.91. The molecule has 1 heterocycles. The molecule has 0 aromatic heterocycles. The Balaban J connectivity index is 2.08. The molecule has 0 aliphatic carbocycles. The zero-order valence-corrected chi connectivity index (χ0v) is 12.9. The van der Waals surface area contributed by atoms with E-state index in [1.807, 2.05) is 0 Å². The molecule has 1 aromatic carbocycles. The van der Waals surface area contributed by atoms with Gasteiger partial charge in [0.15, 0.2) is 0 Å². The molecule has 3 unspecified atom stereocenters. The van der Waals surface area contributed by atoms with E-state index in [0.29, 0.717) is 5.92 Å². The van der Waals surface area contributed by atoms with Crippen molar-refractivity contribution in [3.05, 3.63) is 29.8 Å². The lowest BCUT2D eigenvalue weighted by Crippen LogP contribution is -2.34. The molecule has 0 bridgehead atoms. The van der Waals surface area contributed by atoms with Crippen molar-refractivity contribution in [1.29, 1.82) is 0 Å². The van der Waals surface area contributed by atoms with E-state index in [2.05, 4.69) is 50.4 Å². The lowest BCUT2D eigenvalue weighted by Gasteiger charge is -2.27. The van der Waals surface area contributed by atoms with E-state index in [1.165, 1.54) is 5.56 Å². The van der Waals surface area contributed by atoms with Crippen LogP contribution in [-0.4, -0.2) is 25.9 Å². The van der Waals surface area contributed by atoms with Gasteiger partial charge in [0.25, 0.3) is 0 Å². The number of likely N-dealkylation sites (N-methyl/N-ethyl adjacent to an activating group) is 1. The minimum absolute atomic E-state index is 0.275. The van der Waals surface area contributed by atoms with Crippen molar-refractivity contribution in [2.45, 2.75) is 45.8 Å². The SMILES string of the molecule is CCCOc1ccc(C(NCC)C2OCCC2C)cc1. The molecule has 1 aliphatic heterocycles. The Morgan fingerprint density at radius 1 is 1.30 bits per heavy atom. The maximum absolute atomic E-state index is 5.94. The van der Waals surface area contributed by atoms with Gasteiger partial charge in [-0.25, -0.2) is 0 Å². The molecule has 20 heavy (non-hydrogen) atoms. The molecule has 112 valence electrons. The second kappa shape index (κ2) is 7.65. The van der Waals surface area contributed by atoms with Crippen LogP contribution in [0, 0.1) is 5.92 Å². The van der Waals surface area contributed by atoms with Crippen molar-refractivity contribution in [2.75, 3.05) is 19.8 Å². The van der Waals surface area contributed by atoms with Crippen LogP contribution in [0.5, 0.6) is 5.75 Å². The van der Waals surface area contributed by atoms with E-state index in [9.17, 15) is 0 Å². The van der Waals surface area contributed by atoms with Crippen LogP contribution in [0.4, 0.5) is 0 Å². The fourth-order valence-corrected chi connectivity index (χ4v) is 2.78. The fourth-order valence-electron chi connectivity index (χ4n) is 2.78. The molecular weight excluding hydrogens is 250 g/mol. The molecule has 1 aromatic rings. The second-order valence-corrected chi connectivity index (χ2v) is 5.55. The maximum Gasteiger partial charge on any atom is 0.119 e. The summed E-state index contributed by atoms with van der Waals surface area (Å²) in [5.41, 5.74) is 1.29. The van der Waals surface area contributed by atoms with Crippen molar-refractivity contribution in [3.8, 4) is 5.75 Å². The van der Waals surface area contributed by atoms with Gasteiger partial charge in [0, 0.05) is 6.61 Å². The van der Waals surface area contributed by atoms with Crippen LogP contribution < -0.4 is 10.1 Å². The summed E-state index contributed by atoms with van der Waals surface area (Å²) in [4.78, 5) is 0. The summed E-state index contributed by atoms with van der Waals surface area (Å²) in [6.45, 7) is 9.15. The highest BCUT2D eigenvalue weighted by atomic mass is 16.5. The van der Waals surface area contributed by atoms with Crippen molar-refractivity contribution in [3.63, 3.8) is 0 Å². The van der Waals surface area contributed by atoms with Crippen LogP contribution in [0.2, 0.25) is 0 Å². The van der Waals surface area contributed by atoms with Gasteiger partial charge in [-0.1, -0.05) is 32.9 Å². The molecular formula is C17H27NO2. The Morgan fingerprint density at radius 3 is 2.60 bits per heavy atom. The second-order valence-electron chi connectivity index (χ2n) is 5.55. The fraction of sp³-hybridized carbons (Fsp3) is 0.647. The number of rotatable bonds is 7. The topological polar surface area (TPSA) is 30.5 Å². The lowest BCUT2D eigenvalue weighted by atomic mass is 9.92. The number of hydrogen-bond acceptors (Lipinski definition) is 3. The van der Waals surface area contributed by atoms with E-state index in [1.54, 1.807) is 0 Å². The van der Waals surface area contributed by atoms with Crippen molar-refractivity contribution >= 4 is 0 Å². The monoisotopic (exact) mass is 277 g/mol. The van der Waals surface area contributed by atoms with Gasteiger partial charge in [-0.3, -0.25) is 0 Å². The third-order valence-corrected chi connectivity index (χ3v) is 3.91. The van der Waals surface area contributed by atoms with Gasteiger partial charge >= 0.3 is 0 Å². The number of hydrogen-bond donors (Lipinski definition) is 1. The molecule has 1 saturated heterocycles. The first-order chi connectivity index (χ1) is 9.76. The van der Waals surface area contributed by atoms with Crippen molar-refractivity contribution < 1.29 is 9.47 Å². The van der Waals surface area contributed by atoms with E-state index >= 15 is 0 Å². The molecule has 1 aliphatic rings. The Labute approximate surface area is 122 Å². The number of ether oxygens (including phenoxy) is 2. The summed E-state index contributed by atoms with van der Waals surface area (Å²) in [7, 11) is 0. The van der Waals surface area contributed by atoms with Crippen LogP contribution in [-0.2, 0) is 4.74 Å². The summed E-state index contributed by atoms with van der Waals surface area (Å²) in [5, 5.41) is 3.57. The van der Waals surface area contributed by atoms with Crippen molar-refractivity contribution in [1.82, 2.24) is 5.32 Å². The largest absolute Gasteiger partial charge is 0.494 e. The smallest absolute Gasteiger partial charge is 0.119 e. The zero-order valence-electron chi connectivity index (χ0n) is 12.9. The van der Waals surface area contributed by atoms with Gasteiger partial charge in [-0.15, -0.1) is 0 Å². The molecule has 0 amide bonds. The first kappa shape index (κ1) is 15.3. The number of benzene rings is 1.